The average Bonchev–Trinajstić information content (AvgIpc) is 2.54. The molecule has 1 aromatic heterocycles. The Hall–Kier alpha value is -1.03. The van der Waals surface area contributed by atoms with Crippen LogP contribution in [0.2, 0.25) is 0 Å². The van der Waals surface area contributed by atoms with Crippen LogP contribution in [0.3, 0.4) is 0 Å². The third-order valence-electron chi connectivity index (χ3n) is 3.28. The Morgan fingerprint density at radius 3 is 2.76 bits per heavy atom. The van der Waals surface area contributed by atoms with Gasteiger partial charge in [-0.25, -0.2) is 4.98 Å². The maximum Gasteiger partial charge on any atom is 0.201 e. The number of fused-ring (bicyclic) bond motifs is 1. The number of halogens is 1. The van der Waals surface area contributed by atoms with Crippen LogP contribution in [0, 0.1) is 5.41 Å². The molecule has 0 bridgehead atoms. The van der Waals surface area contributed by atoms with Gasteiger partial charge in [0.05, 0.1) is 11.0 Å². The largest absolute Gasteiger partial charge is 0.369 e. The minimum Gasteiger partial charge on any atom is -0.369 e. The molecule has 0 amide bonds. The van der Waals surface area contributed by atoms with Crippen molar-refractivity contribution in [3.05, 3.63) is 22.7 Å². The Morgan fingerprint density at radius 1 is 1.41 bits per heavy atom. The summed E-state index contributed by atoms with van der Waals surface area (Å²) in [6.45, 7) is 7.59. The number of nitrogen functional groups attached to an aromatic ring is 1. The van der Waals surface area contributed by atoms with Gasteiger partial charge in [-0.2, -0.15) is 0 Å². The molecule has 2 rings (SSSR count). The Bertz CT molecular complexity index is 543. The monoisotopic (exact) mass is 295 g/mol. The maximum atomic E-state index is 6.00. The van der Waals surface area contributed by atoms with Gasteiger partial charge in [-0.05, 0) is 30.0 Å². The number of hydrogen-bond donors (Lipinski definition) is 1. The van der Waals surface area contributed by atoms with E-state index in [1.54, 1.807) is 0 Å². The van der Waals surface area contributed by atoms with Crippen molar-refractivity contribution in [2.75, 3.05) is 5.73 Å². The molecule has 0 fully saturated rings. The van der Waals surface area contributed by atoms with Gasteiger partial charge in [-0.1, -0.05) is 36.7 Å². The zero-order chi connectivity index (χ0) is 12.6. The summed E-state index contributed by atoms with van der Waals surface area (Å²) >= 11 is 3.45. The molecule has 0 atom stereocenters. The van der Waals surface area contributed by atoms with Gasteiger partial charge < -0.3 is 10.3 Å². The molecule has 0 saturated carbocycles. The van der Waals surface area contributed by atoms with Crippen molar-refractivity contribution >= 4 is 32.9 Å². The van der Waals surface area contributed by atoms with Gasteiger partial charge in [0, 0.05) is 11.0 Å². The number of aromatic nitrogens is 2. The van der Waals surface area contributed by atoms with E-state index < -0.39 is 0 Å². The van der Waals surface area contributed by atoms with Gasteiger partial charge in [0.2, 0.25) is 5.95 Å². The fraction of sp³-hybridized carbons (Fsp3) is 0.462. The first-order valence-corrected chi connectivity index (χ1v) is 6.63. The molecule has 0 aliphatic carbocycles. The van der Waals surface area contributed by atoms with E-state index in [-0.39, 0.29) is 5.41 Å². The minimum atomic E-state index is 0.231. The lowest BCUT2D eigenvalue weighted by molar-refractivity contribution is 0.300. The summed E-state index contributed by atoms with van der Waals surface area (Å²) in [4.78, 5) is 4.40. The molecule has 3 nitrogen and oxygen atoms in total. The predicted octanol–water partition coefficient (Wildman–Crippen LogP) is 3.82. The number of hydrogen-bond acceptors (Lipinski definition) is 2. The lowest BCUT2D eigenvalue weighted by Crippen LogP contribution is -2.19. The molecule has 2 N–H and O–H groups in total. The van der Waals surface area contributed by atoms with Crippen LogP contribution in [0.5, 0.6) is 0 Å². The van der Waals surface area contributed by atoms with E-state index in [0.29, 0.717) is 5.95 Å². The molecule has 0 aliphatic heterocycles. The molecule has 0 spiro atoms. The number of nitrogens with two attached hydrogens (primary N) is 1. The van der Waals surface area contributed by atoms with Crippen molar-refractivity contribution < 1.29 is 0 Å². The highest BCUT2D eigenvalue weighted by Crippen LogP contribution is 2.28. The van der Waals surface area contributed by atoms with Crippen molar-refractivity contribution in [2.45, 2.75) is 33.7 Å². The first-order valence-electron chi connectivity index (χ1n) is 5.84. The highest BCUT2D eigenvalue weighted by atomic mass is 79.9. The Kier molecular flexibility index (Phi) is 3.17. The van der Waals surface area contributed by atoms with Crippen molar-refractivity contribution in [3.63, 3.8) is 0 Å². The van der Waals surface area contributed by atoms with Crippen LogP contribution in [0.25, 0.3) is 11.0 Å². The minimum absolute atomic E-state index is 0.231. The van der Waals surface area contributed by atoms with Crippen LogP contribution in [0.15, 0.2) is 22.7 Å². The second-order valence-corrected chi connectivity index (χ2v) is 6.12. The first-order chi connectivity index (χ1) is 7.93. The summed E-state index contributed by atoms with van der Waals surface area (Å²) in [5.41, 5.74) is 8.28. The van der Waals surface area contributed by atoms with E-state index in [1.165, 1.54) is 0 Å². The van der Waals surface area contributed by atoms with Crippen LogP contribution >= 0.6 is 15.9 Å². The van der Waals surface area contributed by atoms with Crippen LogP contribution in [0.1, 0.15) is 27.2 Å². The van der Waals surface area contributed by atoms with Gasteiger partial charge in [0.1, 0.15) is 0 Å². The van der Waals surface area contributed by atoms with E-state index in [2.05, 4.69) is 52.3 Å². The van der Waals surface area contributed by atoms with Gasteiger partial charge >= 0.3 is 0 Å². The molecule has 17 heavy (non-hydrogen) atoms. The van der Waals surface area contributed by atoms with E-state index in [4.69, 9.17) is 5.73 Å². The van der Waals surface area contributed by atoms with Crippen LogP contribution in [0.4, 0.5) is 5.95 Å². The zero-order valence-corrected chi connectivity index (χ0v) is 12.1. The fourth-order valence-electron chi connectivity index (χ4n) is 1.83. The quantitative estimate of drug-likeness (QED) is 0.935. The smallest absolute Gasteiger partial charge is 0.201 e. The number of benzene rings is 1. The molecule has 1 heterocycles. The van der Waals surface area contributed by atoms with Crippen molar-refractivity contribution in [3.8, 4) is 0 Å². The molecule has 2 aromatic rings. The highest BCUT2D eigenvalue weighted by Gasteiger charge is 2.19. The Balaban J connectivity index is 2.50. The molecular formula is C13H18BrN3. The average molecular weight is 296 g/mol. The summed E-state index contributed by atoms with van der Waals surface area (Å²) < 4.78 is 3.13. The number of imidazole rings is 1. The standard InChI is InChI=1S/C13H18BrN3/c1-4-13(2,3)8-17-11-6-5-9(14)7-10(11)16-12(17)15/h5-7H,4,8H2,1-3H3,(H2,15,16). The van der Waals surface area contributed by atoms with Gasteiger partial charge in [-0.15, -0.1) is 0 Å². The highest BCUT2D eigenvalue weighted by molar-refractivity contribution is 9.10. The maximum absolute atomic E-state index is 6.00. The van der Waals surface area contributed by atoms with E-state index in [0.717, 1.165) is 28.5 Å². The molecule has 0 saturated heterocycles. The molecule has 0 unspecified atom stereocenters. The molecule has 4 heteroatoms. The van der Waals surface area contributed by atoms with Crippen molar-refractivity contribution in [1.29, 1.82) is 0 Å². The third-order valence-corrected chi connectivity index (χ3v) is 3.78. The van der Waals surface area contributed by atoms with E-state index >= 15 is 0 Å². The van der Waals surface area contributed by atoms with Gasteiger partial charge in [-0.3, -0.25) is 0 Å². The predicted molar refractivity (Wildman–Crippen MR) is 75.9 cm³/mol. The second-order valence-electron chi connectivity index (χ2n) is 5.21. The normalized spacial score (nSPS) is 12.2. The lowest BCUT2D eigenvalue weighted by atomic mass is 9.90. The number of rotatable bonds is 3. The van der Waals surface area contributed by atoms with Crippen molar-refractivity contribution in [2.24, 2.45) is 5.41 Å². The zero-order valence-electron chi connectivity index (χ0n) is 10.5. The first kappa shape index (κ1) is 12.4. The molecular weight excluding hydrogens is 278 g/mol. The summed E-state index contributed by atoms with van der Waals surface area (Å²) in [6, 6.07) is 6.09. The SMILES string of the molecule is CCC(C)(C)Cn1c(N)nc2cc(Br)ccc21. The molecule has 0 aliphatic rings. The van der Waals surface area contributed by atoms with Gasteiger partial charge in [0.15, 0.2) is 0 Å². The molecule has 92 valence electrons. The summed E-state index contributed by atoms with van der Waals surface area (Å²) in [5.74, 6) is 0.597. The summed E-state index contributed by atoms with van der Waals surface area (Å²) in [6.07, 6.45) is 1.11. The Labute approximate surface area is 110 Å². The van der Waals surface area contributed by atoms with Gasteiger partial charge in [0.25, 0.3) is 0 Å². The topological polar surface area (TPSA) is 43.8 Å². The van der Waals surface area contributed by atoms with E-state index in [1.807, 2.05) is 12.1 Å². The Morgan fingerprint density at radius 2 is 2.12 bits per heavy atom. The second kappa shape index (κ2) is 4.33. The number of anilines is 1. The summed E-state index contributed by atoms with van der Waals surface area (Å²) in [7, 11) is 0. The van der Waals surface area contributed by atoms with E-state index in [9.17, 15) is 0 Å². The molecule has 0 radical (unpaired) electrons. The van der Waals surface area contributed by atoms with Crippen LogP contribution < -0.4 is 5.73 Å². The van der Waals surface area contributed by atoms with Crippen LogP contribution in [-0.2, 0) is 6.54 Å². The third kappa shape index (κ3) is 2.46. The fourth-order valence-corrected chi connectivity index (χ4v) is 2.18. The van der Waals surface area contributed by atoms with Crippen LogP contribution in [-0.4, -0.2) is 9.55 Å². The number of nitrogens with zero attached hydrogens (tertiary/aromatic N) is 2. The van der Waals surface area contributed by atoms with Crippen molar-refractivity contribution in [1.82, 2.24) is 9.55 Å². The molecule has 1 aromatic carbocycles. The summed E-state index contributed by atoms with van der Waals surface area (Å²) in [5, 5.41) is 0. The lowest BCUT2D eigenvalue weighted by Gasteiger charge is -2.24.